The highest BCUT2D eigenvalue weighted by Crippen LogP contribution is 2.21. The van der Waals surface area contributed by atoms with Gasteiger partial charge in [0.25, 0.3) is 0 Å². The molecule has 0 aliphatic rings. The first-order valence-electron chi connectivity index (χ1n) is 7.32. The molecule has 0 bridgehead atoms. The number of nitrogens with two attached hydrogens (primary N) is 1. The number of rotatable bonds is 7. The van der Waals surface area contributed by atoms with Crippen LogP contribution in [0.4, 0.5) is 0 Å². The van der Waals surface area contributed by atoms with E-state index in [0.29, 0.717) is 0 Å². The first kappa shape index (κ1) is 14.6. The monoisotopic (exact) mass is 269 g/mol. The van der Waals surface area contributed by atoms with Crippen molar-refractivity contribution < 1.29 is 4.74 Å². The normalized spacial score (nSPS) is 12.1. The van der Waals surface area contributed by atoms with Gasteiger partial charge in [0.1, 0.15) is 5.75 Å². The lowest BCUT2D eigenvalue weighted by Crippen LogP contribution is -2.11. The molecule has 0 aliphatic carbocycles. The van der Waals surface area contributed by atoms with Crippen LogP contribution in [0.25, 0.3) is 0 Å². The highest BCUT2D eigenvalue weighted by atomic mass is 16.5. The van der Waals surface area contributed by atoms with Gasteiger partial charge >= 0.3 is 0 Å². The molecule has 20 heavy (non-hydrogen) atoms. The van der Waals surface area contributed by atoms with E-state index < -0.39 is 0 Å². The van der Waals surface area contributed by atoms with Crippen molar-refractivity contribution in [1.82, 2.24) is 0 Å². The molecular formula is C18H23NO. The molecule has 2 N–H and O–H groups in total. The van der Waals surface area contributed by atoms with Gasteiger partial charge in [-0.1, -0.05) is 49.4 Å². The minimum absolute atomic E-state index is 0.0559. The topological polar surface area (TPSA) is 35.2 Å². The van der Waals surface area contributed by atoms with Crippen LogP contribution < -0.4 is 10.5 Å². The molecular weight excluding hydrogens is 246 g/mol. The molecule has 2 rings (SSSR count). The van der Waals surface area contributed by atoms with E-state index in [1.165, 1.54) is 5.56 Å². The van der Waals surface area contributed by atoms with Crippen LogP contribution in [-0.4, -0.2) is 6.61 Å². The second-order valence-electron chi connectivity index (χ2n) is 5.05. The molecule has 0 fully saturated rings. The summed E-state index contributed by atoms with van der Waals surface area (Å²) in [7, 11) is 0. The summed E-state index contributed by atoms with van der Waals surface area (Å²) in [6.07, 6.45) is 2.97. The van der Waals surface area contributed by atoms with Gasteiger partial charge in [0.2, 0.25) is 0 Å². The van der Waals surface area contributed by atoms with Gasteiger partial charge in [-0.05, 0) is 42.5 Å². The lowest BCUT2D eigenvalue weighted by molar-refractivity contribution is 0.317. The minimum atomic E-state index is 0.0559. The minimum Gasteiger partial charge on any atom is -0.494 e. The van der Waals surface area contributed by atoms with Crippen LogP contribution in [0.5, 0.6) is 5.75 Å². The van der Waals surface area contributed by atoms with E-state index in [9.17, 15) is 0 Å². The highest BCUT2D eigenvalue weighted by molar-refractivity contribution is 5.30. The Kier molecular flexibility index (Phi) is 5.63. The predicted octanol–water partition coefficient (Wildman–Crippen LogP) is 4.11. The van der Waals surface area contributed by atoms with Gasteiger partial charge in [0.05, 0.1) is 6.61 Å². The van der Waals surface area contributed by atoms with Gasteiger partial charge in [-0.25, -0.2) is 0 Å². The SMILES string of the molecule is CCCOc1cccc(C(N)CCc2ccccc2)c1. The number of ether oxygens (including phenoxy) is 1. The van der Waals surface area contributed by atoms with Gasteiger partial charge in [0, 0.05) is 6.04 Å². The van der Waals surface area contributed by atoms with Crippen LogP contribution >= 0.6 is 0 Å². The molecule has 2 heteroatoms. The summed E-state index contributed by atoms with van der Waals surface area (Å²) in [6.45, 7) is 2.86. The van der Waals surface area contributed by atoms with E-state index >= 15 is 0 Å². The van der Waals surface area contributed by atoms with Crippen LogP contribution in [0.1, 0.15) is 36.9 Å². The van der Waals surface area contributed by atoms with Crippen LogP contribution in [0.3, 0.4) is 0 Å². The average molecular weight is 269 g/mol. The van der Waals surface area contributed by atoms with Crippen LogP contribution in [0, 0.1) is 0 Å². The van der Waals surface area contributed by atoms with E-state index in [1.54, 1.807) is 0 Å². The maximum absolute atomic E-state index is 6.28. The van der Waals surface area contributed by atoms with Crippen LogP contribution in [0.15, 0.2) is 54.6 Å². The van der Waals surface area contributed by atoms with Crippen molar-refractivity contribution in [2.24, 2.45) is 5.73 Å². The third-order valence-electron chi connectivity index (χ3n) is 3.35. The summed E-state index contributed by atoms with van der Waals surface area (Å²) in [5, 5.41) is 0. The Hall–Kier alpha value is -1.80. The molecule has 0 radical (unpaired) electrons. The van der Waals surface area contributed by atoms with Crippen LogP contribution in [0.2, 0.25) is 0 Å². The van der Waals surface area contributed by atoms with E-state index in [0.717, 1.165) is 37.2 Å². The molecule has 0 amide bonds. The Morgan fingerprint density at radius 2 is 1.85 bits per heavy atom. The van der Waals surface area contributed by atoms with E-state index in [-0.39, 0.29) is 6.04 Å². The van der Waals surface area contributed by atoms with Crippen molar-refractivity contribution in [3.8, 4) is 5.75 Å². The zero-order valence-corrected chi connectivity index (χ0v) is 12.1. The molecule has 0 saturated carbocycles. The molecule has 2 nitrogen and oxygen atoms in total. The summed E-state index contributed by atoms with van der Waals surface area (Å²) in [5.74, 6) is 0.916. The van der Waals surface area contributed by atoms with Gasteiger partial charge in [-0.15, -0.1) is 0 Å². The lowest BCUT2D eigenvalue weighted by Gasteiger charge is -2.13. The largest absolute Gasteiger partial charge is 0.494 e. The average Bonchev–Trinajstić information content (AvgIpc) is 2.52. The van der Waals surface area contributed by atoms with E-state index in [2.05, 4.69) is 43.3 Å². The Bertz CT molecular complexity index is 510. The molecule has 0 aliphatic heterocycles. The highest BCUT2D eigenvalue weighted by Gasteiger charge is 2.07. The Labute approximate surface area is 121 Å². The molecule has 2 aromatic rings. The summed E-state index contributed by atoms with van der Waals surface area (Å²) in [4.78, 5) is 0. The summed E-state index contributed by atoms with van der Waals surface area (Å²) in [6, 6.07) is 18.7. The smallest absolute Gasteiger partial charge is 0.119 e. The zero-order valence-electron chi connectivity index (χ0n) is 12.1. The standard InChI is InChI=1S/C18H23NO/c1-2-13-20-17-10-6-9-16(14-17)18(19)12-11-15-7-4-3-5-8-15/h3-10,14,18H,2,11-13,19H2,1H3. The third-order valence-corrected chi connectivity index (χ3v) is 3.35. The second-order valence-corrected chi connectivity index (χ2v) is 5.05. The fourth-order valence-electron chi connectivity index (χ4n) is 2.19. The van der Waals surface area contributed by atoms with E-state index in [1.807, 2.05) is 18.2 Å². The second kappa shape index (κ2) is 7.71. The molecule has 106 valence electrons. The molecule has 1 atom stereocenters. The van der Waals surface area contributed by atoms with Gasteiger partial charge in [-0.2, -0.15) is 0 Å². The molecule has 0 spiro atoms. The maximum atomic E-state index is 6.28. The van der Waals surface area contributed by atoms with Crippen LogP contribution in [-0.2, 0) is 6.42 Å². The molecule has 1 unspecified atom stereocenters. The first-order valence-corrected chi connectivity index (χ1v) is 7.32. The van der Waals surface area contributed by atoms with E-state index in [4.69, 9.17) is 10.5 Å². The number of aryl methyl sites for hydroxylation is 1. The number of benzene rings is 2. The molecule has 0 aromatic heterocycles. The Morgan fingerprint density at radius 1 is 1.05 bits per heavy atom. The van der Waals surface area contributed by atoms with Crippen molar-refractivity contribution in [2.45, 2.75) is 32.2 Å². The van der Waals surface area contributed by atoms with Crippen molar-refractivity contribution in [1.29, 1.82) is 0 Å². The predicted molar refractivity (Wildman–Crippen MR) is 83.9 cm³/mol. The quantitative estimate of drug-likeness (QED) is 0.821. The van der Waals surface area contributed by atoms with Crippen molar-refractivity contribution in [3.05, 3.63) is 65.7 Å². The molecule has 0 saturated heterocycles. The number of hydrogen-bond acceptors (Lipinski definition) is 2. The molecule has 2 aromatic carbocycles. The van der Waals surface area contributed by atoms with Gasteiger partial charge < -0.3 is 10.5 Å². The summed E-state index contributed by atoms with van der Waals surface area (Å²) < 4.78 is 5.65. The van der Waals surface area contributed by atoms with Crippen molar-refractivity contribution in [2.75, 3.05) is 6.61 Å². The zero-order chi connectivity index (χ0) is 14.2. The maximum Gasteiger partial charge on any atom is 0.119 e. The fraction of sp³-hybridized carbons (Fsp3) is 0.333. The Morgan fingerprint density at radius 3 is 2.60 bits per heavy atom. The lowest BCUT2D eigenvalue weighted by atomic mass is 9.99. The fourth-order valence-corrected chi connectivity index (χ4v) is 2.19. The summed E-state index contributed by atoms with van der Waals surface area (Å²) in [5.41, 5.74) is 8.77. The number of hydrogen-bond donors (Lipinski definition) is 1. The van der Waals surface area contributed by atoms with Gasteiger partial charge in [0.15, 0.2) is 0 Å². The third kappa shape index (κ3) is 4.39. The van der Waals surface area contributed by atoms with Crippen molar-refractivity contribution >= 4 is 0 Å². The van der Waals surface area contributed by atoms with Crippen molar-refractivity contribution in [3.63, 3.8) is 0 Å². The Balaban J connectivity index is 1.93. The first-order chi connectivity index (χ1) is 9.79. The summed E-state index contributed by atoms with van der Waals surface area (Å²) >= 11 is 0. The van der Waals surface area contributed by atoms with Gasteiger partial charge in [-0.3, -0.25) is 0 Å². The molecule has 0 heterocycles.